The second-order valence-corrected chi connectivity index (χ2v) is 14.8. The lowest BCUT2D eigenvalue weighted by Gasteiger charge is -2.36. The molecule has 2 aliphatic carbocycles. The third kappa shape index (κ3) is 4.94. The molecule has 0 saturated carbocycles. The maximum absolute atomic E-state index is 2.67. The molecule has 0 saturated heterocycles. The van der Waals surface area contributed by atoms with Crippen LogP contribution in [0.1, 0.15) is 23.5 Å². The summed E-state index contributed by atoms with van der Waals surface area (Å²) in [5, 5.41) is 5.14. The van der Waals surface area contributed by atoms with Crippen LogP contribution in [0.3, 0.4) is 0 Å². The Morgan fingerprint density at radius 2 is 1.22 bits per heavy atom. The van der Waals surface area contributed by atoms with Crippen LogP contribution >= 0.6 is 0 Å². The molecule has 0 N–H and O–H groups in total. The lowest BCUT2D eigenvalue weighted by atomic mass is 9.84. The highest BCUT2D eigenvalue weighted by Crippen LogP contribution is 2.49. The molecule has 1 aliphatic heterocycles. The van der Waals surface area contributed by atoms with Gasteiger partial charge in [0.25, 0.3) is 0 Å². The van der Waals surface area contributed by atoms with E-state index < -0.39 is 0 Å². The second-order valence-electron chi connectivity index (χ2n) is 14.8. The number of para-hydroxylation sites is 2. The topological polar surface area (TPSA) is 8.17 Å². The molecule has 54 heavy (non-hydrogen) atoms. The molecule has 0 radical (unpaired) electrons. The van der Waals surface area contributed by atoms with Gasteiger partial charge in [-0.3, -0.25) is 0 Å². The molecule has 2 nitrogen and oxygen atoms in total. The van der Waals surface area contributed by atoms with E-state index in [0.717, 1.165) is 6.42 Å². The highest BCUT2D eigenvalue weighted by Gasteiger charge is 2.40. The molecule has 3 unspecified atom stereocenters. The molecule has 0 spiro atoms. The smallest absolute Gasteiger partial charge is 0.0592 e. The largest absolute Gasteiger partial charge is 0.357 e. The minimum Gasteiger partial charge on any atom is -0.357 e. The first-order valence-corrected chi connectivity index (χ1v) is 19.1. The summed E-state index contributed by atoms with van der Waals surface area (Å²) in [7, 11) is 0. The molecular weight excluding hydrogens is 653 g/mol. The van der Waals surface area contributed by atoms with Gasteiger partial charge in [-0.1, -0.05) is 158 Å². The van der Waals surface area contributed by atoms with Crippen molar-refractivity contribution in [3.63, 3.8) is 0 Å². The van der Waals surface area contributed by atoms with E-state index in [4.69, 9.17) is 0 Å². The van der Waals surface area contributed by atoms with Gasteiger partial charge in [-0.15, -0.1) is 0 Å². The molecule has 1 aromatic heterocycles. The zero-order valence-electron chi connectivity index (χ0n) is 29.9. The molecule has 11 rings (SSSR count). The third-order valence-electron chi connectivity index (χ3n) is 11.8. The van der Waals surface area contributed by atoms with Crippen molar-refractivity contribution in [3.05, 3.63) is 211 Å². The molecule has 2 heteroatoms. The lowest BCUT2D eigenvalue weighted by molar-refractivity contribution is 0.615. The summed E-state index contributed by atoms with van der Waals surface area (Å²) < 4.78 is 2.38. The summed E-state index contributed by atoms with van der Waals surface area (Å²) in [4.78, 5) is 2.67. The first-order chi connectivity index (χ1) is 26.8. The summed E-state index contributed by atoms with van der Waals surface area (Å²) in [5.41, 5.74) is 14.0. The fourth-order valence-electron chi connectivity index (χ4n) is 9.30. The van der Waals surface area contributed by atoms with E-state index in [1.807, 2.05) is 0 Å². The van der Waals surface area contributed by atoms with Gasteiger partial charge in [0.15, 0.2) is 0 Å². The fourth-order valence-corrected chi connectivity index (χ4v) is 9.30. The zero-order chi connectivity index (χ0) is 35.6. The van der Waals surface area contributed by atoms with Crippen molar-refractivity contribution in [3.8, 4) is 27.9 Å². The summed E-state index contributed by atoms with van der Waals surface area (Å²) in [5.74, 6) is 0.294. The number of nitrogens with zero attached hydrogens (tertiary/aromatic N) is 2. The minimum absolute atomic E-state index is 0.250. The average Bonchev–Trinajstić information content (AvgIpc) is 3.76. The Balaban J connectivity index is 0.945. The van der Waals surface area contributed by atoms with Crippen LogP contribution in [-0.2, 0) is 0 Å². The maximum atomic E-state index is 2.67. The molecule has 2 heterocycles. The first kappa shape index (κ1) is 30.9. The summed E-state index contributed by atoms with van der Waals surface area (Å²) in [6.45, 7) is 0. The van der Waals surface area contributed by atoms with Crippen LogP contribution in [0.25, 0.3) is 66.1 Å². The first-order valence-electron chi connectivity index (χ1n) is 19.1. The van der Waals surface area contributed by atoms with Gasteiger partial charge in [-0.05, 0) is 98.6 Å². The summed E-state index contributed by atoms with van der Waals surface area (Å²) in [6, 6.07) is 58.6. The van der Waals surface area contributed by atoms with Crippen molar-refractivity contribution >= 4 is 43.8 Å². The predicted octanol–water partition coefficient (Wildman–Crippen LogP) is 13.1. The number of hydrogen-bond donors (Lipinski definition) is 0. The molecule has 8 aromatic rings. The van der Waals surface area contributed by atoms with Crippen LogP contribution < -0.4 is 4.90 Å². The van der Waals surface area contributed by atoms with Crippen LogP contribution in [0.15, 0.2) is 200 Å². The zero-order valence-corrected chi connectivity index (χ0v) is 29.9. The van der Waals surface area contributed by atoms with Gasteiger partial charge >= 0.3 is 0 Å². The van der Waals surface area contributed by atoms with E-state index in [-0.39, 0.29) is 6.04 Å². The van der Waals surface area contributed by atoms with Crippen molar-refractivity contribution in [1.82, 2.24) is 4.57 Å². The van der Waals surface area contributed by atoms with Crippen LogP contribution in [0, 0.1) is 0 Å². The fraction of sp³-hybridized carbons (Fsp3) is 0.0769. The van der Waals surface area contributed by atoms with E-state index >= 15 is 0 Å². The van der Waals surface area contributed by atoms with E-state index in [2.05, 4.69) is 210 Å². The Bertz CT molecular complexity index is 2860. The van der Waals surface area contributed by atoms with Gasteiger partial charge in [0.2, 0.25) is 0 Å². The maximum Gasteiger partial charge on any atom is 0.0592 e. The van der Waals surface area contributed by atoms with E-state index in [9.17, 15) is 0 Å². The van der Waals surface area contributed by atoms with Gasteiger partial charge in [0, 0.05) is 28.1 Å². The Kier molecular flexibility index (Phi) is 7.16. The van der Waals surface area contributed by atoms with Crippen LogP contribution in [0.4, 0.5) is 5.69 Å². The minimum atomic E-state index is 0.250. The standard InChI is InChI=1S/C52H38N2/c1-3-14-41(15-4-1)53-49-21-10-9-19-45(49)47-32-38(27-30-50(47)53)35-22-24-36(25-23-35)39-28-31-51-48(33-39)46-29-26-40(34-52(46)54(51)42-16-5-2-6-17-42)44-20-11-13-37-12-7-8-18-43(37)44/h1-16,18-34,42,46,52H,17H2. The van der Waals surface area contributed by atoms with E-state index in [1.54, 1.807) is 0 Å². The van der Waals surface area contributed by atoms with Gasteiger partial charge in [0.1, 0.15) is 0 Å². The van der Waals surface area contributed by atoms with Crippen molar-refractivity contribution < 1.29 is 0 Å². The average molecular weight is 691 g/mol. The molecular formula is C52H38N2. The van der Waals surface area contributed by atoms with E-state index in [1.165, 1.54) is 82.9 Å². The summed E-state index contributed by atoms with van der Waals surface area (Å²) >= 11 is 0. The van der Waals surface area contributed by atoms with Gasteiger partial charge in [-0.25, -0.2) is 0 Å². The molecule has 0 fully saturated rings. The van der Waals surface area contributed by atoms with Crippen molar-refractivity contribution in [1.29, 1.82) is 0 Å². The van der Waals surface area contributed by atoms with Crippen LogP contribution in [0.2, 0.25) is 0 Å². The molecule has 3 aliphatic rings. The number of aromatic nitrogens is 1. The van der Waals surface area contributed by atoms with E-state index in [0.29, 0.717) is 12.0 Å². The Morgan fingerprint density at radius 1 is 0.519 bits per heavy atom. The van der Waals surface area contributed by atoms with Crippen molar-refractivity contribution in [2.75, 3.05) is 4.90 Å². The molecule has 0 amide bonds. The quantitative estimate of drug-likeness (QED) is 0.175. The molecule has 7 aromatic carbocycles. The Labute approximate surface area is 315 Å². The number of rotatable bonds is 5. The van der Waals surface area contributed by atoms with Gasteiger partial charge in [-0.2, -0.15) is 0 Å². The normalized spacial score (nSPS) is 18.7. The third-order valence-corrected chi connectivity index (χ3v) is 11.8. The number of hydrogen-bond acceptors (Lipinski definition) is 1. The predicted molar refractivity (Wildman–Crippen MR) is 228 cm³/mol. The molecule has 0 bridgehead atoms. The van der Waals surface area contributed by atoms with Crippen LogP contribution in [-0.4, -0.2) is 16.7 Å². The number of benzene rings is 7. The Morgan fingerprint density at radius 3 is 2.06 bits per heavy atom. The lowest BCUT2D eigenvalue weighted by Crippen LogP contribution is -2.41. The second kappa shape index (κ2) is 12.5. The molecule has 256 valence electrons. The number of anilines is 1. The number of allylic oxidation sites excluding steroid dienone is 4. The monoisotopic (exact) mass is 690 g/mol. The Hall–Kier alpha value is -6.64. The molecule has 3 atom stereocenters. The highest BCUT2D eigenvalue weighted by molar-refractivity contribution is 6.10. The van der Waals surface area contributed by atoms with Gasteiger partial charge < -0.3 is 9.47 Å². The number of fused-ring (bicyclic) bond motifs is 7. The van der Waals surface area contributed by atoms with Gasteiger partial charge in [0.05, 0.1) is 23.1 Å². The summed E-state index contributed by atoms with van der Waals surface area (Å²) in [6.07, 6.45) is 17.4. The SMILES string of the molecule is C1=CCC(N2c3ccc(-c4ccc(-c5ccc6c(c5)c5ccccc5n6-c5ccccc5)cc4)cc3C3C=CC(c4cccc5ccccc45)=CC32)C=C1. The van der Waals surface area contributed by atoms with Crippen LogP contribution in [0.5, 0.6) is 0 Å². The van der Waals surface area contributed by atoms with Crippen molar-refractivity contribution in [2.24, 2.45) is 0 Å². The highest BCUT2D eigenvalue weighted by atomic mass is 15.2. The van der Waals surface area contributed by atoms with Crippen molar-refractivity contribution in [2.45, 2.75) is 24.4 Å².